The molecule has 1 aromatic carbocycles. The first-order valence-corrected chi connectivity index (χ1v) is 6.32. The SMILES string of the molecule is CCc1c(Br)c(-c2cccc(OC)c2)nn1C. The zero-order valence-electron chi connectivity index (χ0n) is 10.2. The number of halogens is 1. The van der Waals surface area contributed by atoms with Crippen LogP contribution in [0.3, 0.4) is 0 Å². The first kappa shape index (κ1) is 12.2. The predicted octanol–water partition coefficient (Wildman–Crippen LogP) is 3.42. The smallest absolute Gasteiger partial charge is 0.119 e. The van der Waals surface area contributed by atoms with E-state index in [1.807, 2.05) is 36.0 Å². The summed E-state index contributed by atoms with van der Waals surface area (Å²) in [6.45, 7) is 2.12. The number of nitrogens with zero attached hydrogens (tertiary/aromatic N) is 2. The van der Waals surface area contributed by atoms with Crippen molar-refractivity contribution in [2.45, 2.75) is 13.3 Å². The molecule has 0 aliphatic rings. The van der Waals surface area contributed by atoms with E-state index >= 15 is 0 Å². The van der Waals surface area contributed by atoms with Crippen molar-refractivity contribution in [3.8, 4) is 17.0 Å². The van der Waals surface area contributed by atoms with E-state index in [4.69, 9.17) is 4.74 Å². The van der Waals surface area contributed by atoms with Crippen LogP contribution in [-0.4, -0.2) is 16.9 Å². The summed E-state index contributed by atoms with van der Waals surface area (Å²) in [7, 11) is 3.64. The van der Waals surface area contributed by atoms with Gasteiger partial charge in [-0.2, -0.15) is 5.10 Å². The summed E-state index contributed by atoms with van der Waals surface area (Å²) in [5.41, 5.74) is 3.22. The van der Waals surface area contributed by atoms with Gasteiger partial charge < -0.3 is 4.74 Å². The molecule has 0 aliphatic carbocycles. The highest BCUT2D eigenvalue weighted by Gasteiger charge is 2.14. The average molecular weight is 295 g/mol. The standard InChI is InChI=1S/C13H15BrN2O/c1-4-11-12(14)13(15-16(11)2)9-6-5-7-10(8-9)17-3/h5-8H,4H2,1-3H3. The Morgan fingerprint density at radius 2 is 2.18 bits per heavy atom. The zero-order chi connectivity index (χ0) is 12.4. The van der Waals surface area contributed by atoms with Crippen LogP contribution < -0.4 is 4.74 Å². The van der Waals surface area contributed by atoms with Crippen LogP contribution >= 0.6 is 15.9 Å². The van der Waals surface area contributed by atoms with E-state index in [9.17, 15) is 0 Å². The van der Waals surface area contributed by atoms with Gasteiger partial charge in [-0.15, -0.1) is 0 Å². The molecule has 17 heavy (non-hydrogen) atoms. The maximum Gasteiger partial charge on any atom is 0.119 e. The van der Waals surface area contributed by atoms with Crippen molar-refractivity contribution in [2.24, 2.45) is 7.05 Å². The number of hydrogen-bond donors (Lipinski definition) is 0. The Kier molecular flexibility index (Phi) is 3.52. The summed E-state index contributed by atoms with van der Waals surface area (Å²) >= 11 is 3.62. The van der Waals surface area contributed by atoms with Crippen molar-refractivity contribution < 1.29 is 4.74 Å². The van der Waals surface area contributed by atoms with Gasteiger partial charge in [0.25, 0.3) is 0 Å². The lowest BCUT2D eigenvalue weighted by atomic mass is 10.1. The fourth-order valence-electron chi connectivity index (χ4n) is 1.87. The summed E-state index contributed by atoms with van der Waals surface area (Å²) in [6, 6.07) is 7.93. The number of hydrogen-bond acceptors (Lipinski definition) is 2. The van der Waals surface area contributed by atoms with Gasteiger partial charge >= 0.3 is 0 Å². The van der Waals surface area contributed by atoms with Crippen molar-refractivity contribution in [1.29, 1.82) is 0 Å². The Morgan fingerprint density at radius 1 is 1.41 bits per heavy atom. The van der Waals surface area contributed by atoms with Crippen LogP contribution in [0.25, 0.3) is 11.3 Å². The molecule has 0 amide bonds. The quantitative estimate of drug-likeness (QED) is 0.867. The molecule has 4 heteroatoms. The number of rotatable bonds is 3. The lowest BCUT2D eigenvalue weighted by molar-refractivity contribution is 0.415. The average Bonchev–Trinajstić information content (AvgIpc) is 2.64. The van der Waals surface area contributed by atoms with Gasteiger partial charge in [0.1, 0.15) is 11.4 Å². The van der Waals surface area contributed by atoms with Gasteiger partial charge in [-0.1, -0.05) is 19.1 Å². The second-order valence-electron chi connectivity index (χ2n) is 3.82. The summed E-state index contributed by atoms with van der Waals surface area (Å²) in [4.78, 5) is 0. The van der Waals surface area contributed by atoms with E-state index in [0.29, 0.717) is 0 Å². The molecule has 1 aromatic heterocycles. The second kappa shape index (κ2) is 4.92. The van der Waals surface area contributed by atoms with Gasteiger partial charge in [-0.25, -0.2) is 0 Å². The number of aromatic nitrogens is 2. The Hall–Kier alpha value is -1.29. The maximum absolute atomic E-state index is 5.23. The monoisotopic (exact) mass is 294 g/mol. The minimum atomic E-state index is 0.845. The normalized spacial score (nSPS) is 10.6. The molecule has 0 bridgehead atoms. The third-order valence-electron chi connectivity index (χ3n) is 2.78. The molecule has 2 rings (SSSR count). The number of benzene rings is 1. The number of methoxy groups -OCH3 is 1. The van der Waals surface area contributed by atoms with Crippen LogP contribution in [-0.2, 0) is 13.5 Å². The van der Waals surface area contributed by atoms with E-state index in [1.165, 1.54) is 5.69 Å². The second-order valence-corrected chi connectivity index (χ2v) is 4.61. The van der Waals surface area contributed by atoms with E-state index in [-0.39, 0.29) is 0 Å². The molecule has 0 radical (unpaired) electrons. The Bertz CT molecular complexity index is 534. The van der Waals surface area contributed by atoms with Gasteiger partial charge in [0.15, 0.2) is 0 Å². The summed E-state index contributed by atoms with van der Waals surface area (Å²) in [5, 5.41) is 4.54. The van der Waals surface area contributed by atoms with Crippen LogP contribution in [0, 0.1) is 0 Å². The fourth-order valence-corrected chi connectivity index (χ4v) is 2.72. The van der Waals surface area contributed by atoms with E-state index < -0.39 is 0 Å². The first-order valence-electron chi connectivity index (χ1n) is 5.53. The first-order chi connectivity index (χ1) is 8.17. The highest BCUT2D eigenvalue weighted by molar-refractivity contribution is 9.10. The fraction of sp³-hybridized carbons (Fsp3) is 0.308. The van der Waals surface area contributed by atoms with Gasteiger partial charge in [-0.05, 0) is 34.5 Å². The molecular weight excluding hydrogens is 280 g/mol. The van der Waals surface area contributed by atoms with Gasteiger partial charge in [0.05, 0.1) is 17.3 Å². The molecule has 2 aromatic rings. The highest BCUT2D eigenvalue weighted by atomic mass is 79.9. The van der Waals surface area contributed by atoms with Crippen molar-refractivity contribution in [3.05, 3.63) is 34.4 Å². The van der Waals surface area contributed by atoms with Gasteiger partial charge in [0.2, 0.25) is 0 Å². The van der Waals surface area contributed by atoms with Crippen LogP contribution in [0.15, 0.2) is 28.7 Å². The molecule has 0 saturated heterocycles. The van der Waals surface area contributed by atoms with Crippen molar-refractivity contribution in [2.75, 3.05) is 7.11 Å². The molecule has 90 valence electrons. The molecule has 1 heterocycles. The lowest BCUT2D eigenvalue weighted by Gasteiger charge is -2.02. The van der Waals surface area contributed by atoms with E-state index in [2.05, 4.69) is 28.0 Å². The van der Waals surface area contributed by atoms with Crippen LogP contribution in [0.4, 0.5) is 0 Å². The Labute approximate surface area is 110 Å². The molecule has 0 saturated carbocycles. The molecule has 0 aliphatic heterocycles. The molecule has 3 nitrogen and oxygen atoms in total. The molecule has 0 unspecified atom stereocenters. The topological polar surface area (TPSA) is 27.1 Å². The van der Waals surface area contributed by atoms with Gasteiger partial charge in [0, 0.05) is 12.6 Å². The van der Waals surface area contributed by atoms with E-state index in [1.54, 1.807) is 7.11 Å². The molecule has 0 atom stereocenters. The molecule has 0 N–H and O–H groups in total. The van der Waals surface area contributed by atoms with Crippen LogP contribution in [0.1, 0.15) is 12.6 Å². The molecule has 0 spiro atoms. The minimum Gasteiger partial charge on any atom is -0.497 e. The largest absolute Gasteiger partial charge is 0.497 e. The third kappa shape index (κ3) is 2.22. The Morgan fingerprint density at radius 3 is 2.76 bits per heavy atom. The Balaban J connectivity index is 2.52. The van der Waals surface area contributed by atoms with Crippen molar-refractivity contribution in [3.63, 3.8) is 0 Å². The van der Waals surface area contributed by atoms with Crippen LogP contribution in [0.5, 0.6) is 5.75 Å². The highest BCUT2D eigenvalue weighted by Crippen LogP contribution is 2.31. The van der Waals surface area contributed by atoms with Crippen LogP contribution in [0.2, 0.25) is 0 Å². The van der Waals surface area contributed by atoms with Gasteiger partial charge in [-0.3, -0.25) is 4.68 Å². The maximum atomic E-state index is 5.23. The molecule has 0 fully saturated rings. The summed E-state index contributed by atoms with van der Waals surface area (Å²) in [6.07, 6.45) is 0.952. The third-order valence-corrected chi connectivity index (χ3v) is 3.61. The van der Waals surface area contributed by atoms with E-state index in [0.717, 1.165) is 27.9 Å². The summed E-state index contributed by atoms with van der Waals surface area (Å²) < 4.78 is 8.21. The number of aryl methyl sites for hydroxylation is 1. The zero-order valence-corrected chi connectivity index (χ0v) is 11.8. The molecular formula is C13H15BrN2O. The summed E-state index contributed by atoms with van der Waals surface area (Å²) in [5.74, 6) is 0.845. The van der Waals surface area contributed by atoms with Crippen molar-refractivity contribution >= 4 is 15.9 Å². The predicted molar refractivity (Wildman–Crippen MR) is 72.3 cm³/mol. The number of ether oxygens (including phenoxy) is 1. The van der Waals surface area contributed by atoms with Crippen molar-refractivity contribution in [1.82, 2.24) is 9.78 Å². The lowest BCUT2D eigenvalue weighted by Crippen LogP contribution is -1.96. The minimum absolute atomic E-state index is 0.845.